The number of imide groups is 1. The molecule has 0 radical (unpaired) electrons. The van der Waals surface area contributed by atoms with E-state index in [0.29, 0.717) is 30.4 Å². The Morgan fingerprint density at radius 1 is 1.08 bits per heavy atom. The molecule has 5 rings (SSSR count). The van der Waals surface area contributed by atoms with E-state index in [-0.39, 0.29) is 64.8 Å². The molecule has 1 heterocycles. The molecule has 8 nitrogen and oxygen atoms in total. The van der Waals surface area contributed by atoms with Gasteiger partial charge in [-0.25, -0.2) is 4.39 Å². The number of aromatic hydroxyl groups is 1. The minimum Gasteiger partial charge on any atom is -0.505 e. The second-order valence-corrected chi connectivity index (χ2v) is 11.0. The van der Waals surface area contributed by atoms with Crippen LogP contribution in [0.25, 0.3) is 0 Å². The summed E-state index contributed by atoms with van der Waals surface area (Å²) in [6.07, 6.45) is 4.96. The Bertz CT molecular complexity index is 1380. The molecule has 0 saturated carbocycles. The number of ketones is 2. The number of halogens is 2. The fourth-order valence-corrected chi connectivity index (χ4v) is 6.74. The lowest BCUT2D eigenvalue weighted by Crippen LogP contribution is -2.39. The van der Waals surface area contributed by atoms with Crippen molar-refractivity contribution in [2.24, 2.45) is 17.8 Å². The number of rotatable bonds is 7. The molecule has 38 heavy (non-hydrogen) atoms. The number of carboxylic acid groups (broad SMARTS) is 1. The number of nitrogens with zero attached hydrogens (tertiary/aromatic N) is 1. The average molecular weight is 586 g/mol. The Labute approximate surface area is 226 Å². The van der Waals surface area contributed by atoms with Crippen molar-refractivity contribution in [3.05, 3.63) is 62.9 Å². The zero-order valence-corrected chi connectivity index (χ0v) is 21.9. The number of carbonyl (C=O) groups is 5. The summed E-state index contributed by atoms with van der Waals surface area (Å²) in [7, 11) is 0. The third kappa shape index (κ3) is 4.34. The molecule has 2 N–H and O–H groups in total. The van der Waals surface area contributed by atoms with E-state index in [9.17, 15) is 33.5 Å². The van der Waals surface area contributed by atoms with Crippen molar-refractivity contribution in [1.29, 1.82) is 0 Å². The van der Waals surface area contributed by atoms with E-state index < -0.39 is 41.2 Å². The molecule has 198 valence electrons. The standard InChI is InChI=1S/C28H25BrFNO7/c29-18-12-21(33)25-17(26(18)36)11-16-14(23(25)13-5-8-20(32)19(30)10-13)6-7-15-24(16)28(38)31(27(15)37)9-3-1-2-4-22(34)35/h5-6,8,10,12,15-16,23-24,32H,1-4,7,9,11H2,(H,34,35)/t15-,16+,23-,24-/m0/s1. The lowest BCUT2D eigenvalue weighted by Gasteiger charge is -2.42. The van der Waals surface area contributed by atoms with Crippen LogP contribution in [0.1, 0.15) is 50.0 Å². The van der Waals surface area contributed by atoms with Gasteiger partial charge in [-0.2, -0.15) is 0 Å². The first-order valence-corrected chi connectivity index (χ1v) is 13.3. The van der Waals surface area contributed by atoms with Gasteiger partial charge < -0.3 is 10.2 Å². The van der Waals surface area contributed by atoms with Gasteiger partial charge in [0.2, 0.25) is 11.8 Å². The quantitative estimate of drug-likeness (QED) is 0.214. The second kappa shape index (κ2) is 10.1. The maximum atomic E-state index is 14.4. The lowest BCUT2D eigenvalue weighted by atomic mass is 9.59. The molecule has 0 spiro atoms. The molecule has 1 aromatic rings. The van der Waals surface area contributed by atoms with Crippen LogP contribution in [0, 0.1) is 23.6 Å². The van der Waals surface area contributed by atoms with Crippen molar-refractivity contribution in [3.8, 4) is 5.75 Å². The van der Waals surface area contributed by atoms with E-state index in [4.69, 9.17) is 5.11 Å². The number of unbranched alkanes of at least 4 members (excludes halogenated alkanes) is 2. The molecular weight excluding hydrogens is 561 g/mol. The van der Waals surface area contributed by atoms with Crippen molar-refractivity contribution in [2.45, 2.75) is 44.4 Å². The van der Waals surface area contributed by atoms with Gasteiger partial charge in [0.05, 0.1) is 16.3 Å². The molecule has 4 aliphatic rings. The van der Waals surface area contributed by atoms with Crippen LogP contribution in [0.4, 0.5) is 4.39 Å². The van der Waals surface area contributed by atoms with Crippen molar-refractivity contribution in [2.75, 3.05) is 6.54 Å². The summed E-state index contributed by atoms with van der Waals surface area (Å²) >= 11 is 3.16. The first-order valence-electron chi connectivity index (χ1n) is 12.5. The van der Waals surface area contributed by atoms with E-state index in [0.717, 1.165) is 6.07 Å². The molecule has 1 aromatic carbocycles. The number of likely N-dealkylation sites (tertiary alicyclic amines) is 1. The summed E-state index contributed by atoms with van der Waals surface area (Å²) in [5, 5.41) is 18.5. The van der Waals surface area contributed by atoms with Crippen molar-refractivity contribution >= 4 is 45.3 Å². The van der Waals surface area contributed by atoms with Gasteiger partial charge >= 0.3 is 5.97 Å². The van der Waals surface area contributed by atoms with Gasteiger partial charge in [-0.1, -0.05) is 24.1 Å². The number of hydrogen-bond donors (Lipinski definition) is 2. The summed E-state index contributed by atoms with van der Waals surface area (Å²) in [4.78, 5) is 65.1. The first-order chi connectivity index (χ1) is 18.1. The summed E-state index contributed by atoms with van der Waals surface area (Å²) in [6, 6.07) is 3.83. The number of aliphatic carboxylic acids is 1. The highest BCUT2D eigenvalue weighted by atomic mass is 79.9. The molecule has 0 unspecified atom stereocenters. The normalized spacial score (nSPS) is 26.6. The predicted molar refractivity (Wildman–Crippen MR) is 135 cm³/mol. The maximum absolute atomic E-state index is 14.4. The SMILES string of the molecule is O=C(O)CCCCCN1C(=O)[C@H]2[C@H](CC=C3[C@H](c4ccc(O)c(F)c4)C4=C(C[C@H]32)C(=O)C(Br)=CC4=O)C1=O. The summed E-state index contributed by atoms with van der Waals surface area (Å²) in [5.74, 6) is -6.32. The molecule has 0 aromatic heterocycles. The van der Waals surface area contributed by atoms with Gasteiger partial charge in [-0.3, -0.25) is 28.9 Å². The number of carbonyl (C=O) groups excluding carboxylic acids is 4. The minimum absolute atomic E-state index is 0.0237. The van der Waals surface area contributed by atoms with Crippen LogP contribution in [-0.2, 0) is 24.0 Å². The average Bonchev–Trinajstić information content (AvgIpc) is 3.12. The van der Waals surface area contributed by atoms with Crippen LogP contribution in [0.3, 0.4) is 0 Å². The van der Waals surface area contributed by atoms with Crippen LogP contribution in [0.5, 0.6) is 5.75 Å². The molecule has 1 aliphatic heterocycles. The highest BCUT2D eigenvalue weighted by molar-refractivity contribution is 9.12. The molecule has 3 aliphatic carbocycles. The number of carboxylic acids is 1. The number of phenols is 1. The van der Waals surface area contributed by atoms with E-state index in [2.05, 4.69) is 15.9 Å². The van der Waals surface area contributed by atoms with E-state index in [1.807, 2.05) is 6.08 Å². The molecule has 0 bridgehead atoms. The monoisotopic (exact) mass is 585 g/mol. The van der Waals surface area contributed by atoms with Gasteiger partial charge in [0.15, 0.2) is 23.1 Å². The number of fused-ring (bicyclic) bond motifs is 3. The molecule has 4 atom stereocenters. The molecule has 1 saturated heterocycles. The second-order valence-electron chi connectivity index (χ2n) is 10.1. The van der Waals surface area contributed by atoms with E-state index in [1.54, 1.807) is 0 Å². The predicted octanol–water partition coefficient (Wildman–Crippen LogP) is 3.94. The number of benzene rings is 1. The number of allylic oxidation sites excluding steroid dienone is 6. The van der Waals surface area contributed by atoms with E-state index >= 15 is 0 Å². The largest absolute Gasteiger partial charge is 0.505 e. The van der Waals surface area contributed by atoms with Gasteiger partial charge in [-0.05, 0) is 65.2 Å². The number of phenolic OH excluding ortho intramolecular Hbond substituents is 1. The van der Waals surface area contributed by atoms with Crippen LogP contribution >= 0.6 is 15.9 Å². The maximum Gasteiger partial charge on any atom is 0.303 e. The van der Waals surface area contributed by atoms with Crippen LogP contribution in [-0.4, -0.2) is 51.0 Å². The van der Waals surface area contributed by atoms with Crippen molar-refractivity contribution in [1.82, 2.24) is 4.90 Å². The Balaban J connectivity index is 1.50. The molecule has 2 amide bonds. The molecule has 10 heteroatoms. The Morgan fingerprint density at radius 3 is 2.55 bits per heavy atom. The number of hydrogen-bond acceptors (Lipinski definition) is 6. The van der Waals surface area contributed by atoms with Crippen LogP contribution in [0.2, 0.25) is 0 Å². The summed E-state index contributed by atoms with van der Waals surface area (Å²) < 4.78 is 14.5. The van der Waals surface area contributed by atoms with E-state index in [1.165, 1.54) is 23.1 Å². The Kier molecular flexibility index (Phi) is 6.94. The van der Waals surface area contributed by atoms with Gasteiger partial charge in [0.1, 0.15) is 0 Å². The lowest BCUT2D eigenvalue weighted by molar-refractivity contribution is -0.141. The Hall–Kier alpha value is -3.40. The first kappa shape index (κ1) is 26.2. The van der Waals surface area contributed by atoms with Gasteiger partial charge in [0, 0.05) is 36.1 Å². The van der Waals surface area contributed by atoms with Crippen molar-refractivity contribution < 1.29 is 38.6 Å². The van der Waals surface area contributed by atoms with Gasteiger partial charge in [0.25, 0.3) is 0 Å². The van der Waals surface area contributed by atoms with Crippen LogP contribution < -0.4 is 0 Å². The Morgan fingerprint density at radius 2 is 1.84 bits per heavy atom. The number of Topliss-reactive ketones (excluding diaryl/α,β-unsaturated/α-hetero) is 1. The minimum atomic E-state index is -0.894. The molecule has 1 fully saturated rings. The topological polar surface area (TPSA) is 129 Å². The highest BCUT2D eigenvalue weighted by Crippen LogP contribution is 2.55. The highest BCUT2D eigenvalue weighted by Gasteiger charge is 2.56. The fraction of sp³-hybridized carbons (Fsp3) is 0.393. The smallest absolute Gasteiger partial charge is 0.303 e. The fourth-order valence-electron chi connectivity index (χ4n) is 6.30. The third-order valence-corrected chi connectivity index (χ3v) is 8.59. The zero-order valence-electron chi connectivity index (χ0n) is 20.3. The molecular formula is C28H25BrFNO7. The van der Waals surface area contributed by atoms with Crippen molar-refractivity contribution in [3.63, 3.8) is 0 Å². The summed E-state index contributed by atoms with van der Waals surface area (Å²) in [6.45, 7) is 0.193. The summed E-state index contributed by atoms with van der Waals surface area (Å²) in [5.41, 5.74) is 1.56. The number of amides is 2. The van der Waals surface area contributed by atoms with Gasteiger partial charge in [-0.15, -0.1) is 0 Å². The zero-order chi connectivity index (χ0) is 27.3. The van der Waals surface area contributed by atoms with Crippen LogP contribution in [0.15, 0.2) is 51.6 Å². The third-order valence-electron chi connectivity index (χ3n) is 8.00.